The van der Waals surface area contributed by atoms with Crippen molar-refractivity contribution >= 4 is 18.3 Å². The van der Waals surface area contributed by atoms with Crippen LogP contribution in [-0.4, -0.2) is 35.6 Å². The summed E-state index contributed by atoms with van der Waals surface area (Å²) in [5.74, 6) is 0.775. The lowest BCUT2D eigenvalue weighted by Gasteiger charge is -2.22. The Bertz CT molecular complexity index is 594. The number of benzene rings is 1. The quantitative estimate of drug-likeness (QED) is 0.841. The molecule has 2 rings (SSSR count). The van der Waals surface area contributed by atoms with Crippen molar-refractivity contribution < 1.29 is 9.32 Å². The summed E-state index contributed by atoms with van der Waals surface area (Å²) >= 11 is 0. The number of nitrogens with zero attached hydrogens (tertiary/aromatic N) is 2. The molecule has 0 fully saturated rings. The minimum atomic E-state index is 0. The van der Waals surface area contributed by atoms with Crippen molar-refractivity contribution in [2.24, 2.45) is 5.73 Å². The van der Waals surface area contributed by atoms with E-state index in [-0.39, 0.29) is 18.3 Å². The minimum absolute atomic E-state index is 0. The number of amides is 1. The highest BCUT2D eigenvalue weighted by Crippen LogP contribution is 2.14. The summed E-state index contributed by atoms with van der Waals surface area (Å²) in [6, 6.07) is 10.1. The summed E-state index contributed by atoms with van der Waals surface area (Å²) in [6.45, 7) is 5.39. The number of aryl methyl sites for hydroxylation is 2. The molecule has 0 spiro atoms. The van der Waals surface area contributed by atoms with E-state index in [2.05, 4.69) is 17.3 Å². The Balaban J connectivity index is 0.00000264. The van der Waals surface area contributed by atoms with Gasteiger partial charge in [0.1, 0.15) is 5.76 Å². The van der Waals surface area contributed by atoms with Gasteiger partial charge in [0.2, 0.25) is 5.91 Å². The average molecular weight is 338 g/mol. The van der Waals surface area contributed by atoms with Crippen LogP contribution in [0, 0.1) is 13.8 Å². The van der Waals surface area contributed by atoms with Crippen LogP contribution in [0.5, 0.6) is 0 Å². The maximum atomic E-state index is 12.5. The number of carbonyl (C=O) groups excluding carboxylic acids is 1. The van der Waals surface area contributed by atoms with Gasteiger partial charge in [-0.3, -0.25) is 4.79 Å². The largest absolute Gasteiger partial charge is 0.361 e. The maximum absolute atomic E-state index is 12.5. The molecule has 1 aromatic heterocycles. The predicted molar refractivity (Wildman–Crippen MR) is 92.7 cm³/mol. The van der Waals surface area contributed by atoms with Gasteiger partial charge in [0.25, 0.3) is 0 Å². The topological polar surface area (TPSA) is 72.4 Å². The third-order valence-electron chi connectivity index (χ3n) is 3.77. The Morgan fingerprint density at radius 2 is 1.91 bits per heavy atom. The zero-order chi connectivity index (χ0) is 15.9. The van der Waals surface area contributed by atoms with Crippen molar-refractivity contribution in [3.8, 4) is 0 Å². The molecule has 23 heavy (non-hydrogen) atoms. The molecule has 0 saturated heterocycles. The van der Waals surface area contributed by atoms with Gasteiger partial charge >= 0.3 is 0 Å². The molecule has 0 atom stereocenters. The van der Waals surface area contributed by atoms with Crippen molar-refractivity contribution in [3.63, 3.8) is 0 Å². The van der Waals surface area contributed by atoms with Crippen LogP contribution in [0.15, 0.2) is 34.9 Å². The predicted octanol–water partition coefficient (Wildman–Crippen LogP) is 2.29. The summed E-state index contributed by atoms with van der Waals surface area (Å²) in [6.07, 6.45) is 1.14. The first kappa shape index (κ1) is 19.2. The van der Waals surface area contributed by atoms with E-state index in [1.165, 1.54) is 5.56 Å². The molecule has 0 aliphatic heterocycles. The van der Waals surface area contributed by atoms with Crippen molar-refractivity contribution in [2.45, 2.75) is 26.7 Å². The van der Waals surface area contributed by atoms with Gasteiger partial charge < -0.3 is 15.2 Å². The summed E-state index contributed by atoms with van der Waals surface area (Å²) in [7, 11) is 0. The number of hydrogen-bond acceptors (Lipinski definition) is 4. The van der Waals surface area contributed by atoms with E-state index in [9.17, 15) is 4.79 Å². The second-order valence-electron chi connectivity index (χ2n) is 5.38. The third-order valence-corrected chi connectivity index (χ3v) is 3.77. The Kier molecular flexibility index (Phi) is 7.78. The highest BCUT2D eigenvalue weighted by molar-refractivity contribution is 5.85. The summed E-state index contributed by atoms with van der Waals surface area (Å²) in [5.41, 5.74) is 8.52. The number of carbonyl (C=O) groups is 1. The van der Waals surface area contributed by atoms with Crippen LogP contribution in [0.2, 0.25) is 0 Å². The lowest BCUT2D eigenvalue weighted by atomic mass is 10.1. The molecule has 0 saturated carbocycles. The van der Waals surface area contributed by atoms with E-state index < -0.39 is 0 Å². The molecule has 0 bridgehead atoms. The maximum Gasteiger partial charge on any atom is 0.227 e. The molecule has 0 aliphatic rings. The number of nitrogens with two attached hydrogens (primary N) is 1. The molecule has 1 amide bonds. The monoisotopic (exact) mass is 337 g/mol. The minimum Gasteiger partial charge on any atom is -0.361 e. The van der Waals surface area contributed by atoms with Crippen molar-refractivity contribution in [1.82, 2.24) is 10.1 Å². The second-order valence-corrected chi connectivity index (χ2v) is 5.38. The van der Waals surface area contributed by atoms with Gasteiger partial charge in [-0.15, -0.1) is 12.4 Å². The zero-order valence-electron chi connectivity index (χ0n) is 13.6. The number of hydrogen-bond donors (Lipinski definition) is 1. The molecule has 2 aromatic rings. The number of halogens is 1. The van der Waals surface area contributed by atoms with E-state index in [1.807, 2.05) is 36.9 Å². The Hall–Kier alpha value is -1.85. The Labute approximate surface area is 143 Å². The van der Waals surface area contributed by atoms with Crippen LogP contribution < -0.4 is 5.73 Å². The SMILES string of the molecule is Cc1noc(C)c1CC(=O)N(CCN)CCc1ccccc1.Cl. The first-order chi connectivity index (χ1) is 10.6. The van der Waals surface area contributed by atoms with Gasteiger partial charge in [-0.05, 0) is 25.8 Å². The molecule has 0 unspecified atom stereocenters. The number of aromatic nitrogens is 1. The molecule has 1 heterocycles. The van der Waals surface area contributed by atoms with Gasteiger partial charge in [-0.2, -0.15) is 0 Å². The van der Waals surface area contributed by atoms with Crippen LogP contribution in [-0.2, 0) is 17.6 Å². The van der Waals surface area contributed by atoms with Crippen molar-refractivity contribution in [2.75, 3.05) is 19.6 Å². The average Bonchev–Trinajstić information content (AvgIpc) is 2.84. The van der Waals surface area contributed by atoms with E-state index in [0.29, 0.717) is 31.8 Å². The molecular formula is C17H24ClN3O2. The van der Waals surface area contributed by atoms with E-state index in [0.717, 1.165) is 17.7 Å². The molecular weight excluding hydrogens is 314 g/mol. The van der Waals surface area contributed by atoms with Crippen LogP contribution in [0.3, 0.4) is 0 Å². The van der Waals surface area contributed by atoms with Crippen LogP contribution in [0.4, 0.5) is 0 Å². The highest BCUT2D eigenvalue weighted by atomic mass is 35.5. The van der Waals surface area contributed by atoms with Crippen molar-refractivity contribution in [3.05, 3.63) is 52.9 Å². The summed E-state index contributed by atoms with van der Waals surface area (Å²) in [4.78, 5) is 14.3. The van der Waals surface area contributed by atoms with Crippen LogP contribution in [0.1, 0.15) is 22.6 Å². The fraction of sp³-hybridized carbons (Fsp3) is 0.412. The van der Waals surface area contributed by atoms with Gasteiger partial charge in [0.15, 0.2) is 0 Å². The molecule has 0 aliphatic carbocycles. The zero-order valence-corrected chi connectivity index (χ0v) is 14.4. The Morgan fingerprint density at radius 3 is 2.48 bits per heavy atom. The summed E-state index contributed by atoms with van der Waals surface area (Å²) in [5, 5.41) is 3.90. The standard InChI is InChI=1S/C17H23N3O2.ClH/c1-13-16(14(2)22-19-13)12-17(21)20(11-9-18)10-8-15-6-4-3-5-7-15;/h3-7H,8-12,18H2,1-2H3;1H. The third kappa shape index (κ3) is 5.37. The second kappa shape index (κ2) is 9.33. The first-order valence-electron chi connectivity index (χ1n) is 7.55. The molecule has 6 heteroatoms. The molecule has 1 aromatic carbocycles. The van der Waals surface area contributed by atoms with Crippen LogP contribution in [0.25, 0.3) is 0 Å². The Morgan fingerprint density at radius 1 is 1.22 bits per heavy atom. The molecule has 126 valence electrons. The molecule has 2 N–H and O–H groups in total. The van der Waals surface area contributed by atoms with E-state index in [1.54, 1.807) is 0 Å². The number of rotatable bonds is 7. The van der Waals surface area contributed by atoms with E-state index in [4.69, 9.17) is 10.3 Å². The van der Waals surface area contributed by atoms with Gasteiger partial charge in [0.05, 0.1) is 12.1 Å². The summed E-state index contributed by atoms with van der Waals surface area (Å²) < 4.78 is 5.12. The smallest absolute Gasteiger partial charge is 0.227 e. The lowest BCUT2D eigenvalue weighted by Crippen LogP contribution is -2.38. The molecule has 5 nitrogen and oxygen atoms in total. The van der Waals surface area contributed by atoms with Gasteiger partial charge in [-0.25, -0.2) is 0 Å². The first-order valence-corrected chi connectivity index (χ1v) is 7.55. The lowest BCUT2D eigenvalue weighted by molar-refractivity contribution is -0.130. The normalized spacial score (nSPS) is 10.2. The van der Waals surface area contributed by atoms with E-state index >= 15 is 0 Å². The van der Waals surface area contributed by atoms with Crippen LogP contribution >= 0.6 is 12.4 Å². The van der Waals surface area contributed by atoms with Crippen molar-refractivity contribution in [1.29, 1.82) is 0 Å². The fourth-order valence-electron chi connectivity index (χ4n) is 2.44. The van der Waals surface area contributed by atoms with Gasteiger partial charge in [0, 0.05) is 25.2 Å². The highest BCUT2D eigenvalue weighted by Gasteiger charge is 2.18. The van der Waals surface area contributed by atoms with Gasteiger partial charge in [-0.1, -0.05) is 35.5 Å². The molecule has 0 radical (unpaired) electrons. The fourth-order valence-corrected chi connectivity index (χ4v) is 2.44.